The minimum absolute atomic E-state index is 0.0214. The molecule has 1 aliphatic rings. The lowest BCUT2D eigenvalue weighted by Gasteiger charge is -2.28. The van der Waals surface area contributed by atoms with Crippen molar-refractivity contribution >= 4 is 16.7 Å². The fraction of sp³-hybridized carbons (Fsp3) is 0.485. The Balaban J connectivity index is 1.53. The number of amides is 1. The number of nitrogens with one attached hydrogen (secondary N) is 2. The van der Waals surface area contributed by atoms with Gasteiger partial charge >= 0.3 is 0 Å². The Kier molecular flexibility index (Phi) is 9.62. The molecule has 4 nitrogen and oxygen atoms in total. The summed E-state index contributed by atoms with van der Waals surface area (Å²) in [5.74, 6) is 3.09. The van der Waals surface area contributed by atoms with E-state index in [1.165, 1.54) is 48.8 Å². The third kappa shape index (κ3) is 7.13. The normalized spacial score (nSPS) is 20.3. The lowest BCUT2D eigenvalue weighted by Crippen LogP contribution is -2.32. The van der Waals surface area contributed by atoms with Gasteiger partial charge in [-0.05, 0) is 108 Å². The Bertz CT molecular complexity index is 1190. The van der Waals surface area contributed by atoms with Gasteiger partial charge in [0.15, 0.2) is 0 Å². The number of rotatable bonds is 9. The number of carbonyl (C=O) groups is 1. The van der Waals surface area contributed by atoms with Crippen molar-refractivity contribution in [1.82, 2.24) is 10.6 Å². The van der Waals surface area contributed by atoms with Gasteiger partial charge in [0, 0.05) is 18.7 Å². The summed E-state index contributed by atoms with van der Waals surface area (Å²) in [6.45, 7) is 9.35. The molecule has 0 aliphatic heterocycles. The molecular weight excluding hydrogens is 456 g/mol. The molecule has 198 valence electrons. The Hall–Kier alpha value is -2.85. The van der Waals surface area contributed by atoms with Crippen LogP contribution in [0.1, 0.15) is 81.1 Å². The molecule has 3 aromatic carbocycles. The van der Waals surface area contributed by atoms with Gasteiger partial charge in [-0.3, -0.25) is 4.79 Å². The molecular formula is C33H44N2O2. The minimum atomic E-state index is -0.0214. The molecule has 0 aromatic heterocycles. The Labute approximate surface area is 223 Å². The second-order valence-corrected chi connectivity index (χ2v) is 11.0. The SMILES string of the molecule is CCCNCCNC(=O)c1ccc2cc(-c3ccc(OC)c(C4CCCC(C)CC(C)C4)c3)ccc2c1. The number of hydrogen-bond donors (Lipinski definition) is 2. The molecule has 0 heterocycles. The number of fused-ring (bicyclic) bond motifs is 1. The maximum atomic E-state index is 12.6. The number of benzene rings is 3. The summed E-state index contributed by atoms with van der Waals surface area (Å²) in [6.07, 6.45) is 7.47. The van der Waals surface area contributed by atoms with E-state index >= 15 is 0 Å². The first-order valence-corrected chi connectivity index (χ1v) is 14.2. The monoisotopic (exact) mass is 500 g/mol. The van der Waals surface area contributed by atoms with Crippen molar-refractivity contribution < 1.29 is 9.53 Å². The second-order valence-electron chi connectivity index (χ2n) is 11.0. The molecule has 1 fully saturated rings. The van der Waals surface area contributed by atoms with Crippen LogP contribution in [0.5, 0.6) is 5.75 Å². The molecule has 4 rings (SSSR count). The van der Waals surface area contributed by atoms with Crippen molar-refractivity contribution in [3.05, 3.63) is 65.7 Å². The largest absolute Gasteiger partial charge is 0.496 e. The van der Waals surface area contributed by atoms with Gasteiger partial charge in [0.2, 0.25) is 0 Å². The van der Waals surface area contributed by atoms with E-state index in [0.29, 0.717) is 18.0 Å². The van der Waals surface area contributed by atoms with Crippen molar-refractivity contribution in [3.8, 4) is 16.9 Å². The summed E-state index contributed by atoms with van der Waals surface area (Å²) in [6, 6.07) is 19.2. The van der Waals surface area contributed by atoms with Crippen molar-refractivity contribution in [1.29, 1.82) is 0 Å². The Morgan fingerprint density at radius 2 is 1.62 bits per heavy atom. The van der Waals surface area contributed by atoms with Gasteiger partial charge < -0.3 is 15.4 Å². The summed E-state index contributed by atoms with van der Waals surface area (Å²) < 4.78 is 5.83. The summed E-state index contributed by atoms with van der Waals surface area (Å²) >= 11 is 0. The van der Waals surface area contributed by atoms with E-state index in [9.17, 15) is 4.79 Å². The summed E-state index contributed by atoms with van der Waals surface area (Å²) in [5.41, 5.74) is 4.47. The predicted octanol–water partition coefficient (Wildman–Crippen LogP) is 7.56. The summed E-state index contributed by atoms with van der Waals surface area (Å²) in [7, 11) is 1.79. The molecule has 1 amide bonds. The highest BCUT2D eigenvalue weighted by Gasteiger charge is 2.23. The second kappa shape index (κ2) is 13.1. The van der Waals surface area contributed by atoms with Crippen molar-refractivity contribution in [2.24, 2.45) is 11.8 Å². The highest BCUT2D eigenvalue weighted by atomic mass is 16.5. The van der Waals surface area contributed by atoms with Gasteiger partial charge in [0.05, 0.1) is 7.11 Å². The van der Waals surface area contributed by atoms with Gasteiger partial charge in [-0.15, -0.1) is 0 Å². The zero-order valence-electron chi connectivity index (χ0n) is 23.1. The number of methoxy groups -OCH3 is 1. The van der Waals surface area contributed by atoms with E-state index in [1.807, 2.05) is 12.1 Å². The van der Waals surface area contributed by atoms with Crippen molar-refractivity contribution in [2.75, 3.05) is 26.7 Å². The summed E-state index contributed by atoms with van der Waals surface area (Å²) in [5, 5.41) is 8.54. The smallest absolute Gasteiger partial charge is 0.251 e. The van der Waals surface area contributed by atoms with E-state index in [0.717, 1.165) is 47.9 Å². The zero-order chi connectivity index (χ0) is 26.2. The molecule has 3 unspecified atom stereocenters. The lowest BCUT2D eigenvalue weighted by atomic mass is 9.77. The molecule has 1 saturated carbocycles. The van der Waals surface area contributed by atoms with Crippen LogP contribution < -0.4 is 15.4 Å². The van der Waals surface area contributed by atoms with E-state index in [1.54, 1.807) is 7.11 Å². The topological polar surface area (TPSA) is 50.4 Å². The molecule has 4 heteroatoms. The molecule has 3 aromatic rings. The number of ether oxygens (including phenoxy) is 1. The van der Waals surface area contributed by atoms with Crippen LogP contribution >= 0.6 is 0 Å². The third-order valence-corrected chi connectivity index (χ3v) is 7.86. The average Bonchev–Trinajstić information content (AvgIpc) is 2.90. The van der Waals surface area contributed by atoms with Gasteiger partial charge in [0.1, 0.15) is 5.75 Å². The van der Waals surface area contributed by atoms with Gasteiger partial charge in [-0.1, -0.05) is 57.9 Å². The van der Waals surface area contributed by atoms with Crippen LogP contribution in [-0.4, -0.2) is 32.7 Å². The van der Waals surface area contributed by atoms with Crippen LogP contribution in [0.3, 0.4) is 0 Å². The predicted molar refractivity (Wildman–Crippen MR) is 156 cm³/mol. The van der Waals surface area contributed by atoms with Gasteiger partial charge in [-0.25, -0.2) is 0 Å². The fourth-order valence-electron chi connectivity index (χ4n) is 5.97. The number of carbonyl (C=O) groups excluding carboxylic acids is 1. The molecule has 2 N–H and O–H groups in total. The molecule has 0 radical (unpaired) electrons. The maximum absolute atomic E-state index is 12.6. The van der Waals surface area contributed by atoms with E-state index in [4.69, 9.17) is 4.74 Å². The van der Waals surface area contributed by atoms with Gasteiger partial charge in [0.25, 0.3) is 5.91 Å². The van der Waals surface area contributed by atoms with E-state index < -0.39 is 0 Å². The molecule has 0 bridgehead atoms. The Morgan fingerprint density at radius 3 is 2.43 bits per heavy atom. The quantitative estimate of drug-likeness (QED) is 0.298. The standard InChI is InChI=1S/C33H44N2O2/c1-5-15-34-16-17-35-33(36)30-12-11-25-20-26(9-10-27(25)21-30)28-13-14-32(37-4)31(22-28)29-8-6-7-23(2)18-24(3)19-29/h9-14,20-24,29,34H,5-8,15-19H2,1-4H3,(H,35,36). The molecule has 0 saturated heterocycles. The lowest BCUT2D eigenvalue weighted by molar-refractivity contribution is 0.0954. The zero-order valence-corrected chi connectivity index (χ0v) is 23.1. The molecule has 0 spiro atoms. The van der Waals surface area contributed by atoms with Gasteiger partial charge in [-0.2, -0.15) is 0 Å². The highest BCUT2D eigenvalue weighted by molar-refractivity contribution is 5.99. The van der Waals surface area contributed by atoms with Crippen LogP contribution in [0.15, 0.2) is 54.6 Å². The van der Waals surface area contributed by atoms with Crippen LogP contribution in [0.25, 0.3) is 21.9 Å². The van der Waals surface area contributed by atoms with E-state index in [2.05, 4.69) is 73.9 Å². The van der Waals surface area contributed by atoms with Crippen LogP contribution in [0.4, 0.5) is 0 Å². The fourth-order valence-corrected chi connectivity index (χ4v) is 5.97. The first-order chi connectivity index (χ1) is 18.0. The molecule has 3 atom stereocenters. The van der Waals surface area contributed by atoms with Crippen molar-refractivity contribution in [2.45, 2.75) is 65.2 Å². The van der Waals surface area contributed by atoms with E-state index in [-0.39, 0.29) is 5.91 Å². The first kappa shape index (κ1) is 27.2. The highest BCUT2D eigenvalue weighted by Crippen LogP contribution is 2.41. The number of hydrogen-bond acceptors (Lipinski definition) is 3. The first-order valence-electron chi connectivity index (χ1n) is 14.2. The Morgan fingerprint density at radius 1 is 0.865 bits per heavy atom. The molecule has 37 heavy (non-hydrogen) atoms. The minimum Gasteiger partial charge on any atom is -0.496 e. The van der Waals surface area contributed by atoms with Crippen molar-refractivity contribution in [3.63, 3.8) is 0 Å². The van der Waals surface area contributed by atoms with Crippen LogP contribution in [0, 0.1) is 11.8 Å². The van der Waals surface area contributed by atoms with Crippen LogP contribution in [-0.2, 0) is 0 Å². The molecule has 1 aliphatic carbocycles. The maximum Gasteiger partial charge on any atom is 0.251 e. The average molecular weight is 501 g/mol. The summed E-state index contributed by atoms with van der Waals surface area (Å²) in [4.78, 5) is 12.6. The van der Waals surface area contributed by atoms with Crippen LogP contribution in [0.2, 0.25) is 0 Å². The third-order valence-electron chi connectivity index (χ3n) is 7.86.